The second kappa shape index (κ2) is 5.14. The van der Waals surface area contributed by atoms with Crippen LogP contribution in [0.25, 0.3) is 0 Å². The van der Waals surface area contributed by atoms with Gasteiger partial charge in [0.05, 0.1) is 23.7 Å². The van der Waals surface area contributed by atoms with Crippen LogP contribution in [0.1, 0.15) is 18.7 Å². The summed E-state index contributed by atoms with van der Waals surface area (Å²) in [5, 5.41) is 9.38. The molecule has 0 amide bonds. The number of hydrogen-bond acceptors (Lipinski definition) is 3. The van der Waals surface area contributed by atoms with Gasteiger partial charge in [-0.25, -0.2) is 4.39 Å². The predicted molar refractivity (Wildman–Crippen MR) is 69.3 cm³/mol. The van der Waals surface area contributed by atoms with Crippen LogP contribution >= 0.6 is 0 Å². The van der Waals surface area contributed by atoms with Crippen LogP contribution in [0, 0.1) is 5.82 Å². The Labute approximate surface area is 106 Å². The van der Waals surface area contributed by atoms with Gasteiger partial charge in [0.2, 0.25) is 0 Å². The fourth-order valence-electron chi connectivity index (χ4n) is 1.68. The van der Waals surface area contributed by atoms with Crippen molar-refractivity contribution < 1.29 is 9.50 Å². The van der Waals surface area contributed by atoms with Gasteiger partial charge in [-0.2, -0.15) is 0 Å². The van der Waals surface area contributed by atoms with Gasteiger partial charge >= 0.3 is 0 Å². The second-order valence-corrected chi connectivity index (χ2v) is 4.16. The molecule has 0 radical (unpaired) electrons. The molecule has 0 unspecified atom stereocenters. The van der Waals surface area contributed by atoms with Crippen LogP contribution in [-0.4, -0.2) is 17.1 Å². The zero-order valence-corrected chi connectivity index (χ0v) is 10.3. The minimum absolute atomic E-state index is 0.270. The Hall–Kier alpha value is -1.94. The smallest absolute Gasteiger partial charge is 0.125 e. The van der Waals surface area contributed by atoms with E-state index >= 15 is 0 Å². The predicted octanol–water partition coefficient (Wildman–Crippen LogP) is 3.04. The molecule has 4 heteroatoms. The van der Waals surface area contributed by atoms with Crippen molar-refractivity contribution in [3.8, 4) is 0 Å². The summed E-state index contributed by atoms with van der Waals surface area (Å²) in [4.78, 5) is 6.00. The van der Waals surface area contributed by atoms with E-state index in [9.17, 15) is 9.50 Å². The number of benzene rings is 1. The third kappa shape index (κ3) is 2.65. The first-order chi connectivity index (χ1) is 8.58. The average Bonchev–Trinajstić information content (AvgIpc) is 2.38. The van der Waals surface area contributed by atoms with Crippen molar-refractivity contribution in [3.05, 3.63) is 54.1 Å². The van der Waals surface area contributed by atoms with Crippen molar-refractivity contribution in [2.24, 2.45) is 0 Å². The monoisotopic (exact) mass is 246 g/mol. The Kier molecular flexibility index (Phi) is 3.58. The van der Waals surface area contributed by atoms with E-state index in [-0.39, 0.29) is 5.82 Å². The molecule has 0 aliphatic rings. The number of aliphatic hydroxyl groups excluding tert-OH is 1. The van der Waals surface area contributed by atoms with E-state index in [2.05, 4.69) is 4.98 Å². The topological polar surface area (TPSA) is 36.4 Å². The highest BCUT2D eigenvalue weighted by Gasteiger charge is 2.07. The van der Waals surface area contributed by atoms with Gasteiger partial charge in [0.15, 0.2) is 0 Å². The summed E-state index contributed by atoms with van der Waals surface area (Å²) < 4.78 is 13.1. The van der Waals surface area contributed by atoms with Gasteiger partial charge < -0.3 is 10.0 Å². The van der Waals surface area contributed by atoms with E-state index in [0.717, 1.165) is 11.4 Å². The molecule has 18 heavy (non-hydrogen) atoms. The molecule has 0 fully saturated rings. The fourth-order valence-corrected chi connectivity index (χ4v) is 1.68. The van der Waals surface area contributed by atoms with Gasteiger partial charge in [0.1, 0.15) is 5.82 Å². The Balaban J connectivity index is 2.26. The van der Waals surface area contributed by atoms with Crippen molar-refractivity contribution in [1.29, 1.82) is 0 Å². The van der Waals surface area contributed by atoms with Crippen molar-refractivity contribution in [3.63, 3.8) is 0 Å². The SMILES string of the molecule is C[C@H](O)c1ccc(N(C)c2cccc(F)c2)cn1. The summed E-state index contributed by atoms with van der Waals surface area (Å²) in [6.07, 6.45) is 1.07. The van der Waals surface area contributed by atoms with E-state index in [1.54, 1.807) is 25.3 Å². The zero-order valence-electron chi connectivity index (χ0n) is 10.3. The van der Waals surface area contributed by atoms with E-state index in [0.29, 0.717) is 5.69 Å². The van der Waals surface area contributed by atoms with Crippen LogP contribution in [0.2, 0.25) is 0 Å². The lowest BCUT2D eigenvalue weighted by molar-refractivity contribution is 0.194. The summed E-state index contributed by atoms with van der Waals surface area (Å²) >= 11 is 0. The molecular formula is C14H15FN2O. The van der Waals surface area contributed by atoms with Gasteiger partial charge in [0, 0.05) is 12.7 Å². The number of nitrogens with zero attached hydrogens (tertiary/aromatic N) is 2. The second-order valence-electron chi connectivity index (χ2n) is 4.16. The van der Waals surface area contributed by atoms with Crippen LogP contribution in [0.3, 0.4) is 0 Å². The molecule has 0 bridgehead atoms. The molecule has 94 valence electrons. The first-order valence-electron chi connectivity index (χ1n) is 5.71. The maximum absolute atomic E-state index is 13.1. The van der Waals surface area contributed by atoms with Gasteiger partial charge in [0.25, 0.3) is 0 Å². The quantitative estimate of drug-likeness (QED) is 0.904. The minimum atomic E-state index is -0.585. The van der Waals surface area contributed by atoms with E-state index in [1.807, 2.05) is 24.1 Å². The first-order valence-corrected chi connectivity index (χ1v) is 5.71. The van der Waals surface area contributed by atoms with Crippen molar-refractivity contribution in [2.45, 2.75) is 13.0 Å². The molecule has 2 rings (SSSR count). The Morgan fingerprint density at radius 3 is 2.56 bits per heavy atom. The first kappa shape index (κ1) is 12.5. The molecule has 0 saturated heterocycles. The number of pyridine rings is 1. The number of aliphatic hydroxyl groups is 1. The highest BCUT2D eigenvalue weighted by atomic mass is 19.1. The summed E-state index contributed by atoms with van der Waals surface area (Å²) in [6.45, 7) is 1.66. The fraction of sp³-hybridized carbons (Fsp3) is 0.214. The van der Waals surface area contributed by atoms with Gasteiger partial charge in [-0.1, -0.05) is 6.07 Å². The minimum Gasteiger partial charge on any atom is -0.387 e. The standard InChI is InChI=1S/C14H15FN2O/c1-10(18)14-7-6-13(9-16-14)17(2)12-5-3-4-11(15)8-12/h3-10,18H,1-2H3/t10-/m0/s1. The number of hydrogen-bond donors (Lipinski definition) is 1. The third-order valence-corrected chi connectivity index (χ3v) is 2.78. The van der Waals surface area contributed by atoms with Gasteiger partial charge in [-0.05, 0) is 37.3 Å². The molecule has 1 atom stereocenters. The van der Waals surface area contributed by atoms with Crippen LogP contribution in [-0.2, 0) is 0 Å². The van der Waals surface area contributed by atoms with Crippen LogP contribution in [0.15, 0.2) is 42.6 Å². The highest BCUT2D eigenvalue weighted by molar-refractivity contribution is 5.61. The molecule has 0 saturated carbocycles. The molecule has 1 aromatic heterocycles. The summed E-state index contributed by atoms with van der Waals surface area (Å²) in [5.74, 6) is -0.270. The molecule has 2 aromatic rings. The number of halogens is 1. The zero-order chi connectivity index (χ0) is 13.1. The van der Waals surface area contributed by atoms with Gasteiger partial charge in [-0.3, -0.25) is 4.98 Å². The normalized spacial score (nSPS) is 12.2. The highest BCUT2D eigenvalue weighted by Crippen LogP contribution is 2.24. The molecule has 3 nitrogen and oxygen atoms in total. The molecular weight excluding hydrogens is 231 g/mol. The molecule has 0 aliphatic carbocycles. The average molecular weight is 246 g/mol. The van der Waals surface area contributed by atoms with E-state index < -0.39 is 6.10 Å². The molecule has 1 heterocycles. The number of anilines is 2. The largest absolute Gasteiger partial charge is 0.387 e. The summed E-state index contributed by atoms with van der Waals surface area (Å²) in [5.41, 5.74) is 2.21. The number of aromatic nitrogens is 1. The van der Waals surface area contributed by atoms with Crippen molar-refractivity contribution in [2.75, 3.05) is 11.9 Å². The maximum Gasteiger partial charge on any atom is 0.125 e. The summed E-state index contributed by atoms with van der Waals surface area (Å²) in [7, 11) is 1.84. The van der Waals surface area contributed by atoms with Crippen LogP contribution in [0.4, 0.5) is 15.8 Å². The molecule has 0 spiro atoms. The maximum atomic E-state index is 13.1. The Morgan fingerprint density at radius 2 is 2.00 bits per heavy atom. The molecule has 0 aliphatic heterocycles. The third-order valence-electron chi connectivity index (χ3n) is 2.78. The van der Waals surface area contributed by atoms with Crippen molar-refractivity contribution in [1.82, 2.24) is 4.98 Å². The summed E-state index contributed by atoms with van der Waals surface area (Å²) in [6, 6.07) is 9.97. The van der Waals surface area contributed by atoms with E-state index in [1.165, 1.54) is 12.1 Å². The lowest BCUT2D eigenvalue weighted by Gasteiger charge is -2.19. The van der Waals surface area contributed by atoms with Crippen LogP contribution < -0.4 is 4.90 Å². The van der Waals surface area contributed by atoms with Crippen molar-refractivity contribution >= 4 is 11.4 Å². The van der Waals surface area contributed by atoms with Gasteiger partial charge in [-0.15, -0.1) is 0 Å². The molecule has 1 N–H and O–H groups in total. The number of rotatable bonds is 3. The van der Waals surface area contributed by atoms with Crippen LogP contribution in [0.5, 0.6) is 0 Å². The Bertz CT molecular complexity index is 526. The lowest BCUT2D eigenvalue weighted by atomic mass is 10.2. The Morgan fingerprint density at radius 1 is 1.22 bits per heavy atom. The molecule has 1 aromatic carbocycles. The lowest BCUT2D eigenvalue weighted by Crippen LogP contribution is -2.10. The van der Waals surface area contributed by atoms with E-state index in [4.69, 9.17) is 0 Å².